The van der Waals surface area contributed by atoms with Crippen molar-refractivity contribution in [3.8, 4) is 0 Å². The van der Waals surface area contributed by atoms with Crippen molar-refractivity contribution in [1.29, 1.82) is 0 Å². The number of hydrogen-bond donors (Lipinski definition) is 0. The standard InChI is InChI=1S/C18H21NO3/c1-5-22-16(20)11-15-10-13(3)17(19(15)4)18(21)14-8-6-12(2)7-9-14/h6-10H,5,11H2,1-4H3. The van der Waals surface area contributed by atoms with Crippen LogP contribution in [0.5, 0.6) is 0 Å². The van der Waals surface area contributed by atoms with Gasteiger partial charge >= 0.3 is 5.97 Å². The molecular formula is C18H21NO3. The van der Waals surface area contributed by atoms with E-state index in [0.717, 1.165) is 16.8 Å². The molecule has 116 valence electrons. The number of ether oxygens (including phenoxy) is 1. The molecule has 2 rings (SSSR count). The largest absolute Gasteiger partial charge is 0.466 e. The zero-order chi connectivity index (χ0) is 16.3. The maximum absolute atomic E-state index is 12.7. The summed E-state index contributed by atoms with van der Waals surface area (Å²) >= 11 is 0. The summed E-state index contributed by atoms with van der Waals surface area (Å²) in [5, 5.41) is 0. The molecule has 0 saturated heterocycles. The fourth-order valence-electron chi connectivity index (χ4n) is 2.53. The Morgan fingerprint density at radius 2 is 1.77 bits per heavy atom. The summed E-state index contributed by atoms with van der Waals surface area (Å²) in [5.74, 6) is -0.312. The molecule has 0 radical (unpaired) electrons. The molecule has 2 aromatic rings. The summed E-state index contributed by atoms with van der Waals surface area (Å²) < 4.78 is 6.76. The molecule has 1 aromatic carbocycles. The minimum atomic E-state index is -0.280. The van der Waals surface area contributed by atoms with Crippen LogP contribution in [0.1, 0.15) is 39.8 Å². The van der Waals surface area contributed by atoms with Crippen LogP contribution in [0.25, 0.3) is 0 Å². The molecule has 0 N–H and O–H groups in total. The third kappa shape index (κ3) is 3.27. The normalized spacial score (nSPS) is 10.5. The lowest BCUT2D eigenvalue weighted by Gasteiger charge is -2.08. The molecule has 0 amide bonds. The van der Waals surface area contributed by atoms with Crippen LogP contribution in [0.3, 0.4) is 0 Å². The van der Waals surface area contributed by atoms with Crippen molar-refractivity contribution < 1.29 is 14.3 Å². The third-order valence-corrected chi connectivity index (χ3v) is 3.68. The van der Waals surface area contributed by atoms with Crippen molar-refractivity contribution in [2.24, 2.45) is 7.05 Å². The SMILES string of the molecule is CCOC(=O)Cc1cc(C)c(C(=O)c2ccc(C)cc2)n1C. The highest BCUT2D eigenvalue weighted by atomic mass is 16.5. The average Bonchev–Trinajstić information content (AvgIpc) is 2.73. The summed E-state index contributed by atoms with van der Waals surface area (Å²) in [6.07, 6.45) is 0.173. The first-order chi connectivity index (χ1) is 10.4. The highest BCUT2D eigenvalue weighted by Gasteiger charge is 2.19. The number of esters is 1. The highest BCUT2D eigenvalue weighted by Crippen LogP contribution is 2.19. The Bertz CT molecular complexity index is 696. The van der Waals surface area contributed by atoms with Crippen LogP contribution in [0.2, 0.25) is 0 Å². The van der Waals surface area contributed by atoms with Crippen molar-refractivity contribution >= 4 is 11.8 Å². The van der Waals surface area contributed by atoms with E-state index in [9.17, 15) is 9.59 Å². The van der Waals surface area contributed by atoms with Gasteiger partial charge in [0.05, 0.1) is 18.7 Å². The van der Waals surface area contributed by atoms with E-state index >= 15 is 0 Å². The van der Waals surface area contributed by atoms with Gasteiger partial charge in [0.15, 0.2) is 0 Å². The van der Waals surface area contributed by atoms with Gasteiger partial charge in [-0.3, -0.25) is 9.59 Å². The van der Waals surface area contributed by atoms with E-state index in [1.807, 2.05) is 51.2 Å². The zero-order valence-electron chi connectivity index (χ0n) is 13.5. The van der Waals surface area contributed by atoms with Gasteiger partial charge in [-0.1, -0.05) is 29.8 Å². The van der Waals surface area contributed by atoms with Crippen LogP contribution in [-0.4, -0.2) is 22.9 Å². The minimum absolute atomic E-state index is 0.0323. The summed E-state index contributed by atoms with van der Waals surface area (Å²) in [6, 6.07) is 9.37. The summed E-state index contributed by atoms with van der Waals surface area (Å²) in [7, 11) is 1.81. The first-order valence-electron chi connectivity index (χ1n) is 7.36. The van der Waals surface area contributed by atoms with Gasteiger partial charge < -0.3 is 9.30 Å². The van der Waals surface area contributed by atoms with Crippen LogP contribution in [0, 0.1) is 13.8 Å². The maximum atomic E-state index is 12.7. The molecule has 0 aliphatic heterocycles. The summed E-state index contributed by atoms with van der Waals surface area (Å²) in [6.45, 7) is 6.01. The predicted octanol–water partition coefficient (Wildman–Crippen LogP) is 2.98. The molecule has 4 heteroatoms. The molecule has 1 aromatic heterocycles. The molecule has 0 fully saturated rings. The second kappa shape index (κ2) is 6.60. The molecule has 4 nitrogen and oxygen atoms in total. The van der Waals surface area contributed by atoms with Gasteiger partial charge in [0.25, 0.3) is 0 Å². The number of nitrogens with zero attached hydrogens (tertiary/aromatic N) is 1. The lowest BCUT2D eigenvalue weighted by Crippen LogP contribution is -2.14. The number of carbonyl (C=O) groups is 2. The Labute approximate surface area is 130 Å². The van der Waals surface area contributed by atoms with E-state index in [-0.39, 0.29) is 18.2 Å². The number of hydrogen-bond acceptors (Lipinski definition) is 3. The second-order valence-corrected chi connectivity index (χ2v) is 5.40. The third-order valence-electron chi connectivity index (χ3n) is 3.68. The Morgan fingerprint density at radius 1 is 1.14 bits per heavy atom. The molecule has 22 heavy (non-hydrogen) atoms. The fraction of sp³-hybridized carbons (Fsp3) is 0.333. The maximum Gasteiger partial charge on any atom is 0.311 e. The highest BCUT2D eigenvalue weighted by molar-refractivity contribution is 6.09. The average molecular weight is 299 g/mol. The Kier molecular flexibility index (Phi) is 4.81. The van der Waals surface area contributed by atoms with E-state index in [0.29, 0.717) is 17.9 Å². The van der Waals surface area contributed by atoms with Crippen LogP contribution < -0.4 is 0 Å². The predicted molar refractivity (Wildman–Crippen MR) is 85.1 cm³/mol. The molecule has 0 aliphatic rings. The van der Waals surface area contributed by atoms with Crippen LogP contribution in [0.15, 0.2) is 30.3 Å². The van der Waals surface area contributed by atoms with Gasteiger partial charge in [-0.2, -0.15) is 0 Å². The molecule has 0 unspecified atom stereocenters. The second-order valence-electron chi connectivity index (χ2n) is 5.40. The Morgan fingerprint density at radius 3 is 2.36 bits per heavy atom. The van der Waals surface area contributed by atoms with Crippen LogP contribution >= 0.6 is 0 Å². The molecule has 1 heterocycles. The Hall–Kier alpha value is -2.36. The van der Waals surface area contributed by atoms with E-state index in [1.54, 1.807) is 11.5 Å². The quantitative estimate of drug-likeness (QED) is 0.630. The summed E-state index contributed by atoms with van der Waals surface area (Å²) in [5.41, 5.74) is 4.03. The molecule has 0 bridgehead atoms. The first-order valence-corrected chi connectivity index (χ1v) is 7.36. The zero-order valence-corrected chi connectivity index (χ0v) is 13.5. The van der Waals surface area contributed by atoms with Crippen molar-refractivity contribution in [3.63, 3.8) is 0 Å². The smallest absolute Gasteiger partial charge is 0.311 e. The van der Waals surface area contributed by atoms with Crippen molar-refractivity contribution in [2.45, 2.75) is 27.2 Å². The van der Waals surface area contributed by atoms with Gasteiger partial charge in [0, 0.05) is 18.3 Å². The number of aryl methyl sites for hydroxylation is 2. The lowest BCUT2D eigenvalue weighted by molar-refractivity contribution is -0.142. The Balaban J connectivity index is 2.31. The van der Waals surface area contributed by atoms with Gasteiger partial charge in [-0.15, -0.1) is 0 Å². The number of carbonyl (C=O) groups excluding carboxylic acids is 2. The van der Waals surface area contributed by atoms with E-state index in [1.165, 1.54) is 0 Å². The number of aromatic nitrogens is 1. The minimum Gasteiger partial charge on any atom is -0.466 e. The van der Waals surface area contributed by atoms with E-state index < -0.39 is 0 Å². The van der Waals surface area contributed by atoms with E-state index in [4.69, 9.17) is 4.74 Å². The molecule has 0 spiro atoms. The molecule has 0 atom stereocenters. The molecule has 0 saturated carbocycles. The van der Waals surface area contributed by atoms with Crippen molar-refractivity contribution in [3.05, 3.63) is 58.4 Å². The summed E-state index contributed by atoms with van der Waals surface area (Å²) in [4.78, 5) is 24.3. The van der Waals surface area contributed by atoms with Crippen LogP contribution in [0.4, 0.5) is 0 Å². The van der Waals surface area contributed by atoms with E-state index in [2.05, 4.69) is 0 Å². The topological polar surface area (TPSA) is 48.3 Å². The van der Waals surface area contributed by atoms with Gasteiger partial charge in [-0.05, 0) is 32.4 Å². The van der Waals surface area contributed by atoms with Gasteiger partial charge in [-0.25, -0.2) is 0 Å². The number of benzene rings is 1. The van der Waals surface area contributed by atoms with Gasteiger partial charge in [0.2, 0.25) is 5.78 Å². The monoisotopic (exact) mass is 299 g/mol. The fourth-order valence-corrected chi connectivity index (χ4v) is 2.53. The van der Waals surface area contributed by atoms with Crippen LogP contribution in [-0.2, 0) is 23.0 Å². The molecule has 0 aliphatic carbocycles. The van der Waals surface area contributed by atoms with Gasteiger partial charge in [0.1, 0.15) is 0 Å². The first kappa shape index (κ1) is 16.0. The number of ketones is 1. The van der Waals surface area contributed by atoms with Crippen molar-refractivity contribution in [1.82, 2.24) is 4.57 Å². The molecular weight excluding hydrogens is 278 g/mol. The van der Waals surface area contributed by atoms with Crippen molar-refractivity contribution in [2.75, 3.05) is 6.61 Å². The lowest BCUT2D eigenvalue weighted by atomic mass is 10.0. The number of rotatable bonds is 5.